The van der Waals surface area contributed by atoms with Crippen LogP contribution in [-0.4, -0.2) is 66.0 Å². The van der Waals surface area contributed by atoms with Gasteiger partial charge < -0.3 is 13.9 Å². The molecule has 0 aliphatic carbocycles. The number of nitrogens with zero attached hydrogens (tertiary/aromatic N) is 3. The molecule has 10 nitrogen and oxygen atoms in total. The van der Waals surface area contributed by atoms with E-state index >= 15 is 0 Å². The lowest BCUT2D eigenvalue weighted by atomic mass is 9.89. The molecule has 0 spiro atoms. The summed E-state index contributed by atoms with van der Waals surface area (Å²) in [6.45, 7) is 2.10. The number of amides is 3. The number of benzene rings is 1. The Morgan fingerprint density at radius 3 is 2.58 bits per heavy atom. The van der Waals surface area contributed by atoms with Gasteiger partial charge in [-0.3, -0.25) is 19.3 Å². The van der Waals surface area contributed by atoms with Crippen LogP contribution in [-0.2, 0) is 21.9 Å². The first-order valence-corrected chi connectivity index (χ1v) is 13.8. The lowest BCUT2D eigenvalue weighted by Gasteiger charge is -2.42. The van der Waals surface area contributed by atoms with Gasteiger partial charge in [0.15, 0.2) is 32.0 Å². The van der Waals surface area contributed by atoms with Gasteiger partial charge in [0.2, 0.25) is 5.91 Å². The standard InChI is InChI=1S/C24H31IN3O7P/c25-35-32-17-12-24(34-36-33-16-7-13-26)11-6-14-27(18-24)21(29)10-2-1-5-15-28-22(30)19-8-3-4-9-20(19)23(28)31/h3-4,8-9,36H,1-2,5-7,10-12,14-18H2. The molecule has 1 aromatic carbocycles. The number of unbranched alkanes of at least 4 members (excludes halogenated alkanes) is 2. The highest BCUT2D eigenvalue weighted by atomic mass is 127. The van der Waals surface area contributed by atoms with Crippen LogP contribution < -0.4 is 0 Å². The predicted octanol–water partition coefficient (Wildman–Crippen LogP) is 4.35. The maximum atomic E-state index is 12.9. The maximum absolute atomic E-state index is 12.9. The van der Waals surface area contributed by atoms with E-state index in [1.54, 1.807) is 47.3 Å². The number of hydrogen-bond donors (Lipinski definition) is 0. The van der Waals surface area contributed by atoms with Crippen molar-refractivity contribution in [2.45, 2.75) is 57.0 Å². The summed E-state index contributed by atoms with van der Waals surface area (Å²) in [7, 11) is -0.221. The SMILES string of the molecule is N#CCCOPOC1(CCOOI)CCCN(C(=O)CCCCCN2C(=O)c3ccccc3C2=O)C1. The van der Waals surface area contributed by atoms with E-state index in [-0.39, 0.29) is 26.8 Å². The monoisotopic (exact) mass is 631 g/mol. The molecule has 3 amide bonds. The Morgan fingerprint density at radius 1 is 1.14 bits per heavy atom. The molecule has 12 heteroatoms. The molecule has 36 heavy (non-hydrogen) atoms. The van der Waals surface area contributed by atoms with Crippen LogP contribution in [0.4, 0.5) is 0 Å². The summed E-state index contributed by atoms with van der Waals surface area (Å²) in [5.41, 5.74) is 0.333. The smallest absolute Gasteiger partial charge is 0.261 e. The molecule has 2 atom stereocenters. The van der Waals surface area contributed by atoms with Gasteiger partial charge in [0.05, 0.1) is 49.0 Å². The molecule has 0 bridgehead atoms. The number of piperidine rings is 1. The van der Waals surface area contributed by atoms with Crippen LogP contribution in [0.15, 0.2) is 24.3 Å². The molecule has 1 aromatic rings. The third kappa shape index (κ3) is 7.91. The molecule has 2 heterocycles. The molecule has 0 radical (unpaired) electrons. The Labute approximate surface area is 227 Å². The highest BCUT2D eigenvalue weighted by Gasteiger charge is 2.38. The summed E-state index contributed by atoms with van der Waals surface area (Å²) >= 11 is 1.66. The van der Waals surface area contributed by atoms with Crippen LogP contribution in [0.2, 0.25) is 0 Å². The number of carbonyl (C=O) groups excluding carboxylic acids is 3. The van der Waals surface area contributed by atoms with Crippen LogP contribution in [0.25, 0.3) is 0 Å². The second-order valence-corrected chi connectivity index (χ2v) is 9.82. The fourth-order valence-electron chi connectivity index (χ4n) is 4.49. The normalized spacial score (nSPS) is 19.8. The third-order valence-electron chi connectivity index (χ3n) is 6.36. The van der Waals surface area contributed by atoms with Gasteiger partial charge in [-0.1, -0.05) is 18.6 Å². The van der Waals surface area contributed by atoms with Crippen LogP contribution in [0.5, 0.6) is 0 Å². The van der Waals surface area contributed by atoms with Crippen LogP contribution in [0.3, 0.4) is 0 Å². The van der Waals surface area contributed by atoms with Crippen molar-refractivity contribution in [3.05, 3.63) is 35.4 Å². The zero-order valence-corrected chi connectivity index (χ0v) is 23.2. The third-order valence-corrected chi connectivity index (χ3v) is 7.45. The van der Waals surface area contributed by atoms with Gasteiger partial charge in [-0.25, -0.2) is 4.89 Å². The summed E-state index contributed by atoms with van der Waals surface area (Å²) < 4.78 is 16.2. The molecule has 2 aliphatic rings. The maximum Gasteiger partial charge on any atom is 0.261 e. The predicted molar refractivity (Wildman–Crippen MR) is 140 cm³/mol. The van der Waals surface area contributed by atoms with E-state index < -0.39 is 5.60 Å². The molecular weight excluding hydrogens is 600 g/mol. The summed E-state index contributed by atoms with van der Waals surface area (Å²) in [5.74, 6) is -0.431. The van der Waals surface area contributed by atoms with Crippen molar-refractivity contribution in [2.75, 3.05) is 32.8 Å². The van der Waals surface area contributed by atoms with Crippen LogP contribution in [0.1, 0.15) is 72.1 Å². The van der Waals surface area contributed by atoms with E-state index in [2.05, 4.69) is 3.22 Å². The summed E-state index contributed by atoms with van der Waals surface area (Å²) in [6.07, 6.45) is 4.89. The number of imide groups is 1. The van der Waals surface area contributed by atoms with Gasteiger partial charge >= 0.3 is 0 Å². The van der Waals surface area contributed by atoms with Gasteiger partial charge in [-0.2, -0.15) is 8.48 Å². The number of rotatable bonds is 15. The van der Waals surface area contributed by atoms with Gasteiger partial charge in [-0.15, -0.1) is 0 Å². The van der Waals surface area contributed by atoms with Crippen LogP contribution >= 0.6 is 32.0 Å². The van der Waals surface area contributed by atoms with Gasteiger partial charge in [0.25, 0.3) is 11.8 Å². The van der Waals surface area contributed by atoms with Crippen molar-refractivity contribution in [1.29, 1.82) is 5.26 Å². The van der Waals surface area contributed by atoms with Crippen LogP contribution in [0, 0.1) is 11.3 Å². The molecule has 2 aliphatic heterocycles. The minimum atomic E-state index is -0.584. The topological polar surface area (TPSA) is 118 Å². The lowest BCUT2D eigenvalue weighted by molar-refractivity contribution is -0.179. The van der Waals surface area contributed by atoms with Crippen molar-refractivity contribution < 1.29 is 31.5 Å². The van der Waals surface area contributed by atoms with Gasteiger partial charge in [0.1, 0.15) is 0 Å². The minimum absolute atomic E-state index is 0.0585. The van der Waals surface area contributed by atoms with E-state index in [0.29, 0.717) is 76.1 Å². The lowest BCUT2D eigenvalue weighted by Crippen LogP contribution is -2.51. The molecule has 1 fully saturated rings. The number of hydrogen-bond acceptors (Lipinski definition) is 8. The summed E-state index contributed by atoms with van der Waals surface area (Å²) in [5, 5.41) is 8.65. The number of carbonyl (C=O) groups is 3. The second-order valence-electron chi connectivity index (χ2n) is 8.80. The van der Waals surface area contributed by atoms with Crippen molar-refractivity contribution in [3.63, 3.8) is 0 Å². The highest BCUT2D eigenvalue weighted by molar-refractivity contribution is 14.1. The minimum Gasteiger partial charge on any atom is -0.340 e. The van der Waals surface area contributed by atoms with Gasteiger partial charge in [0, 0.05) is 25.9 Å². The van der Waals surface area contributed by atoms with E-state index in [0.717, 1.165) is 19.3 Å². The fraction of sp³-hybridized carbons (Fsp3) is 0.583. The number of nitriles is 1. The van der Waals surface area contributed by atoms with Crippen molar-refractivity contribution >= 4 is 49.8 Å². The Hall–Kier alpha value is -1.68. The van der Waals surface area contributed by atoms with E-state index in [4.69, 9.17) is 19.2 Å². The molecule has 2 unspecified atom stereocenters. The summed E-state index contributed by atoms with van der Waals surface area (Å²) in [4.78, 5) is 46.0. The number of halogens is 1. The molecule has 0 saturated carbocycles. The van der Waals surface area contributed by atoms with E-state index in [1.807, 2.05) is 11.0 Å². The average molecular weight is 631 g/mol. The highest BCUT2D eigenvalue weighted by Crippen LogP contribution is 2.36. The Bertz CT molecular complexity index is 925. The average Bonchev–Trinajstić information content (AvgIpc) is 3.13. The van der Waals surface area contributed by atoms with Crippen molar-refractivity contribution in [2.24, 2.45) is 0 Å². The Kier molecular flexibility index (Phi) is 12.0. The first-order valence-electron chi connectivity index (χ1n) is 12.1. The molecule has 0 N–H and O–H groups in total. The zero-order valence-electron chi connectivity index (χ0n) is 20.1. The number of fused-ring (bicyclic) bond motifs is 1. The fourth-order valence-corrected chi connectivity index (χ4v) is 5.36. The second kappa shape index (κ2) is 14.9. The first kappa shape index (κ1) is 28.9. The summed E-state index contributed by atoms with van der Waals surface area (Å²) in [6, 6.07) is 8.90. The molecule has 0 aromatic heterocycles. The number of likely N-dealkylation sites (tertiary alicyclic amines) is 1. The quantitative estimate of drug-likeness (QED) is 0.0701. The van der Waals surface area contributed by atoms with Crippen molar-refractivity contribution in [1.82, 2.24) is 9.80 Å². The molecule has 1 saturated heterocycles. The van der Waals surface area contributed by atoms with E-state index in [1.165, 1.54) is 4.90 Å². The molecular formula is C24H31IN3O7P. The Balaban J connectivity index is 1.42. The van der Waals surface area contributed by atoms with Crippen molar-refractivity contribution in [3.8, 4) is 6.07 Å². The Morgan fingerprint density at radius 2 is 1.89 bits per heavy atom. The molecule has 3 rings (SSSR count). The van der Waals surface area contributed by atoms with Gasteiger partial charge in [-0.05, 0) is 37.8 Å². The largest absolute Gasteiger partial charge is 0.340 e. The molecule has 196 valence electrons. The van der Waals surface area contributed by atoms with E-state index in [9.17, 15) is 14.4 Å². The first-order chi connectivity index (χ1) is 17.5. The zero-order chi connectivity index (χ0) is 25.8.